The van der Waals surface area contributed by atoms with Gasteiger partial charge in [-0.2, -0.15) is 5.10 Å². The molecule has 0 spiro atoms. The molecule has 6 nitrogen and oxygen atoms in total. The molecule has 0 aliphatic carbocycles. The lowest BCUT2D eigenvalue weighted by Crippen LogP contribution is -2.26. The molecule has 0 aliphatic rings. The van der Waals surface area contributed by atoms with E-state index in [0.29, 0.717) is 41.7 Å². The first-order valence-corrected chi connectivity index (χ1v) is 9.38. The maximum atomic E-state index is 12.5. The van der Waals surface area contributed by atoms with Crippen molar-refractivity contribution in [3.8, 4) is 17.2 Å². The number of halogens is 1. The van der Waals surface area contributed by atoms with Gasteiger partial charge in [-0.15, -0.1) is 0 Å². The van der Waals surface area contributed by atoms with Gasteiger partial charge in [0.2, 0.25) is 0 Å². The Labute approximate surface area is 169 Å². The number of para-hydroxylation sites is 1. The van der Waals surface area contributed by atoms with Gasteiger partial charge in [-0.05, 0) is 37.3 Å². The number of nitrogens with zero attached hydrogens (tertiary/aromatic N) is 2. The van der Waals surface area contributed by atoms with Gasteiger partial charge in [-0.1, -0.05) is 29.8 Å². The van der Waals surface area contributed by atoms with E-state index in [1.807, 2.05) is 54.2 Å². The van der Waals surface area contributed by atoms with Gasteiger partial charge in [0.15, 0.2) is 11.5 Å². The van der Waals surface area contributed by atoms with Crippen LogP contribution < -0.4 is 14.8 Å². The van der Waals surface area contributed by atoms with E-state index < -0.39 is 0 Å². The number of benzene rings is 2. The number of aromatic nitrogens is 2. The van der Waals surface area contributed by atoms with Crippen molar-refractivity contribution in [3.05, 3.63) is 71.0 Å². The summed E-state index contributed by atoms with van der Waals surface area (Å²) in [7, 11) is 1.51. The lowest BCUT2D eigenvalue weighted by atomic mass is 10.2. The molecule has 0 unspecified atom stereocenters. The second-order valence-corrected chi connectivity index (χ2v) is 6.42. The number of carbonyl (C=O) groups excluding carboxylic acids is 1. The first-order valence-electron chi connectivity index (χ1n) is 9.01. The molecule has 7 heteroatoms. The molecule has 1 amide bonds. The summed E-state index contributed by atoms with van der Waals surface area (Å²) in [5, 5.41) is 7.76. The summed E-state index contributed by atoms with van der Waals surface area (Å²) in [5.74, 6) is 0.640. The molecule has 0 radical (unpaired) electrons. The fraction of sp³-hybridized carbons (Fsp3) is 0.238. The number of nitrogens with one attached hydrogen (secondary N) is 1. The van der Waals surface area contributed by atoms with Crippen LogP contribution in [0.1, 0.15) is 23.0 Å². The van der Waals surface area contributed by atoms with E-state index >= 15 is 0 Å². The van der Waals surface area contributed by atoms with Gasteiger partial charge in [0.05, 0.1) is 30.1 Å². The van der Waals surface area contributed by atoms with E-state index in [-0.39, 0.29) is 5.91 Å². The fourth-order valence-corrected chi connectivity index (χ4v) is 3.03. The van der Waals surface area contributed by atoms with Crippen LogP contribution in [0.4, 0.5) is 0 Å². The van der Waals surface area contributed by atoms with Crippen molar-refractivity contribution in [3.63, 3.8) is 0 Å². The largest absolute Gasteiger partial charge is 0.493 e. The molecule has 146 valence electrons. The highest BCUT2D eigenvalue weighted by atomic mass is 35.5. The van der Waals surface area contributed by atoms with E-state index in [2.05, 4.69) is 10.4 Å². The molecule has 0 saturated carbocycles. The van der Waals surface area contributed by atoms with Crippen molar-refractivity contribution in [2.45, 2.75) is 13.3 Å². The molecule has 28 heavy (non-hydrogen) atoms. The van der Waals surface area contributed by atoms with Gasteiger partial charge in [0.25, 0.3) is 5.91 Å². The quantitative estimate of drug-likeness (QED) is 0.623. The molecule has 0 atom stereocenters. The van der Waals surface area contributed by atoms with E-state index in [9.17, 15) is 4.79 Å². The van der Waals surface area contributed by atoms with Crippen LogP contribution in [0.3, 0.4) is 0 Å². The summed E-state index contributed by atoms with van der Waals surface area (Å²) in [5.41, 5.74) is 2.31. The number of methoxy groups -OCH3 is 1. The number of rotatable bonds is 8. The van der Waals surface area contributed by atoms with Gasteiger partial charge < -0.3 is 14.8 Å². The van der Waals surface area contributed by atoms with Gasteiger partial charge in [-0.3, -0.25) is 4.79 Å². The van der Waals surface area contributed by atoms with Crippen molar-refractivity contribution >= 4 is 17.5 Å². The highest BCUT2D eigenvalue weighted by Gasteiger charge is 2.15. The van der Waals surface area contributed by atoms with Gasteiger partial charge in [0, 0.05) is 24.7 Å². The molecule has 0 fully saturated rings. The first-order chi connectivity index (χ1) is 13.6. The summed E-state index contributed by atoms with van der Waals surface area (Å²) in [6.45, 7) is 2.77. The molecule has 1 aromatic heterocycles. The average molecular weight is 400 g/mol. The van der Waals surface area contributed by atoms with Gasteiger partial charge >= 0.3 is 0 Å². The van der Waals surface area contributed by atoms with Crippen LogP contribution in [0, 0.1) is 0 Å². The van der Waals surface area contributed by atoms with Crippen LogP contribution in [0.2, 0.25) is 5.02 Å². The molecule has 3 rings (SSSR count). The molecule has 2 aromatic carbocycles. The second-order valence-electron chi connectivity index (χ2n) is 6.02. The summed E-state index contributed by atoms with van der Waals surface area (Å²) in [6, 6.07) is 15.0. The molecule has 3 aromatic rings. The fourth-order valence-electron chi connectivity index (χ4n) is 2.76. The maximum Gasteiger partial charge on any atom is 0.251 e. The summed E-state index contributed by atoms with van der Waals surface area (Å²) in [6.07, 6.45) is 2.52. The van der Waals surface area contributed by atoms with Crippen LogP contribution in [0.5, 0.6) is 11.5 Å². The van der Waals surface area contributed by atoms with E-state index in [0.717, 1.165) is 11.4 Å². The summed E-state index contributed by atoms with van der Waals surface area (Å²) < 4.78 is 12.6. The minimum absolute atomic E-state index is 0.231. The maximum absolute atomic E-state index is 12.5. The first kappa shape index (κ1) is 19.8. The molecule has 0 saturated heterocycles. The van der Waals surface area contributed by atoms with Crippen LogP contribution in [0.25, 0.3) is 5.69 Å². The number of amides is 1. The zero-order valence-electron chi connectivity index (χ0n) is 15.8. The Balaban J connectivity index is 1.60. The predicted molar refractivity (Wildman–Crippen MR) is 109 cm³/mol. The molecule has 0 aliphatic heterocycles. The third-order valence-electron chi connectivity index (χ3n) is 4.11. The van der Waals surface area contributed by atoms with E-state index in [1.54, 1.807) is 12.1 Å². The topological polar surface area (TPSA) is 65.4 Å². The van der Waals surface area contributed by atoms with E-state index in [1.165, 1.54) is 7.11 Å². The van der Waals surface area contributed by atoms with Gasteiger partial charge in [0.1, 0.15) is 0 Å². The Morgan fingerprint density at radius 2 is 2.00 bits per heavy atom. The third kappa shape index (κ3) is 4.64. The Kier molecular flexibility index (Phi) is 6.55. The minimum atomic E-state index is -0.231. The summed E-state index contributed by atoms with van der Waals surface area (Å²) >= 11 is 6.23. The smallest absolute Gasteiger partial charge is 0.251 e. The number of ether oxygens (including phenoxy) is 2. The predicted octanol–water partition coefficient (Wildman–Crippen LogP) is 3.91. The summed E-state index contributed by atoms with van der Waals surface area (Å²) in [4.78, 5) is 12.5. The van der Waals surface area contributed by atoms with Crippen molar-refractivity contribution in [2.75, 3.05) is 20.3 Å². The molecule has 1 N–H and O–H groups in total. The molecular formula is C21H22ClN3O3. The van der Waals surface area contributed by atoms with Crippen molar-refractivity contribution in [2.24, 2.45) is 0 Å². The Morgan fingerprint density at radius 1 is 1.21 bits per heavy atom. The Bertz CT molecular complexity index is 941. The highest BCUT2D eigenvalue weighted by molar-refractivity contribution is 6.32. The lowest BCUT2D eigenvalue weighted by Gasteiger charge is -2.13. The normalized spacial score (nSPS) is 10.5. The minimum Gasteiger partial charge on any atom is -0.493 e. The Morgan fingerprint density at radius 3 is 2.71 bits per heavy atom. The van der Waals surface area contributed by atoms with E-state index in [4.69, 9.17) is 21.1 Å². The van der Waals surface area contributed by atoms with Crippen LogP contribution in [-0.2, 0) is 6.42 Å². The zero-order chi connectivity index (χ0) is 19.9. The zero-order valence-corrected chi connectivity index (χ0v) is 16.6. The number of carbonyl (C=O) groups is 1. The Hall–Kier alpha value is -2.99. The lowest BCUT2D eigenvalue weighted by molar-refractivity contribution is 0.0953. The average Bonchev–Trinajstić information content (AvgIpc) is 3.19. The molecule has 1 heterocycles. The van der Waals surface area contributed by atoms with Crippen molar-refractivity contribution < 1.29 is 14.3 Å². The molecule has 0 bridgehead atoms. The third-order valence-corrected chi connectivity index (χ3v) is 4.39. The second kappa shape index (κ2) is 9.28. The van der Waals surface area contributed by atoms with Crippen LogP contribution in [0.15, 0.2) is 54.7 Å². The van der Waals surface area contributed by atoms with Crippen molar-refractivity contribution in [1.29, 1.82) is 0 Å². The SMILES string of the molecule is CCOc1c(Cl)cc(C(=O)NCCc2ccn(-c3ccccc3)n2)cc1OC. The monoisotopic (exact) mass is 399 g/mol. The van der Waals surface area contributed by atoms with Crippen molar-refractivity contribution in [1.82, 2.24) is 15.1 Å². The van der Waals surface area contributed by atoms with Gasteiger partial charge in [-0.25, -0.2) is 4.68 Å². The highest BCUT2D eigenvalue weighted by Crippen LogP contribution is 2.36. The number of hydrogen-bond donors (Lipinski definition) is 1. The number of hydrogen-bond acceptors (Lipinski definition) is 4. The molecular weight excluding hydrogens is 378 g/mol. The van der Waals surface area contributed by atoms with Crippen LogP contribution >= 0.6 is 11.6 Å². The standard InChI is InChI=1S/C21H22ClN3O3/c1-3-28-20-18(22)13-15(14-19(20)27-2)21(26)23-11-9-16-10-12-25(24-16)17-7-5-4-6-8-17/h4-8,10,12-14H,3,9,11H2,1-2H3,(H,23,26). The van der Waals surface area contributed by atoms with Crippen LogP contribution in [-0.4, -0.2) is 35.9 Å².